The summed E-state index contributed by atoms with van der Waals surface area (Å²) in [7, 11) is -1.74. The molecule has 1 saturated heterocycles. The van der Waals surface area contributed by atoms with E-state index in [4.69, 9.17) is 4.74 Å². The maximum atomic E-state index is 12.0. The van der Waals surface area contributed by atoms with Crippen LogP contribution in [-0.2, 0) is 14.9 Å². The summed E-state index contributed by atoms with van der Waals surface area (Å²) in [6.45, 7) is 6.44. The molecule has 1 aliphatic heterocycles. The standard InChI is InChI=1S/C11H25N3O3S/c1-4-14(5-2)18(15,16)13-9-11(10-17-3)7-6-8-12-11/h12-13H,4-10H2,1-3H3. The van der Waals surface area contributed by atoms with Gasteiger partial charge >= 0.3 is 0 Å². The molecule has 0 bridgehead atoms. The van der Waals surface area contributed by atoms with Gasteiger partial charge in [0.25, 0.3) is 10.2 Å². The van der Waals surface area contributed by atoms with Crippen molar-refractivity contribution in [2.24, 2.45) is 0 Å². The monoisotopic (exact) mass is 279 g/mol. The quantitative estimate of drug-likeness (QED) is 0.652. The largest absolute Gasteiger partial charge is 0.383 e. The zero-order chi connectivity index (χ0) is 13.6. The van der Waals surface area contributed by atoms with Crippen molar-refractivity contribution in [1.82, 2.24) is 14.3 Å². The van der Waals surface area contributed by atoms with Crippen LogP contribution < -0.4 is 10.0 Å². The summed E-state index contributed by atoms with van der Waals surface area (Å²) in [6.07, 6.45) is 1.98. The Morgan fingerprint density at radius 3 is 2.50 bits per heavy atom. The van der Waals surface area contributed by atoms with Crippen molar-refractivity contribution in [1.29, 1.82) is 0 Å². The molecule has 0 aromatic carbocycles. The van der Waals surface area contributed by atoms with Crippen molar-refractivity contribution < 1.29 is 13.2 Å². The number of rotatable bonds is 8. The fourth-order valence-electron chi connectivity index (χ4n) is 2.35. The molecule has 0 aromatic rings. The van der Waals surface area contributed by atoms with Crippen molar-refractivity contribution in [2.45, 2.75) is 32.2 Å². The van der Waals surface area contributed by atoms with Gasteiger partial charge in [-0.2, -0.15) is 12.7 Å². The summed E-state index contributed by atoms with van der Waals surface area (Å²) < 4.78 is 33.4. The number of ether oxygens (including phenoxy) is 1. The Hall–Kier alpha value is -0.210. The van der Waals surface area contributed by atoms with Gasteiger partial charge in [-0.25, -0.2) is 4.72 Å². The second-order valence-electron chi connectivity index (χ2n) is 4.65. The van der Waals surface area contributed by atoms with Gasteiger partial charge in [0.05, 0.1) is 12.1 Å². The normalized spacial score (nSPS) is 24.9. The van der Waals surface area contributed by atoms with Crippen LogP contribution in [0.25, 0.3) is 0 Å². The molecule has 108 valence electrons. The Bertz CT molecular complexity index is 335. The summed E-state index contributed by atoms with van der Waals surface area (Å²) in [5.74, 6) is 0. The minimum atomic E-state index is -3.38. The first-order valence-electron chi connectivity index (χ1n) is 6.48. The summed E-state index contributed by atoms with van der Waals surface area (Å²) in [5.41, 5.74) is -0.255. The molecule has 2 N–H and O–H groups in total. The van der Waals surface area contributed by atoms with Crippen molar-refractivity contribution in [3.8, 4) is 0 Å². The number of hydrogen-bond donors (Lipinski definition) is 2. The van der Waals surface area contributed by atoms with E-state index in [0.717, 1.165) is 19.4 Å². The minimum absolute atomic E-state index is 0.255. The second-order valence-corrected chi connectivity index (χ2v) is 6.41. The van der Waals surface area contributed by atoms with E-state index < -0.39 is 10.2 Å². The van der Waals surface area contributed by atoms with Crippen LogP contribution in [0, 0.1) is 0 Å². The van der Waals surface area contributed by atoms with Crippen molar-refractivity contribution in [3.63, 3.8) is 0 Å². The lowest BCUT2D eigenvalue weighted by atomic mass is 9.99. The molecule has 1 rings (SSSR count). The van der Waals surface area contributed by atoms with E-state index in [1.807, 2.05) is 13.8 Å². The Morgan fingerprint density at radius 2 is 2.06 bits per heavy atom. The van der Waals surface area contributed by atoms with Gasteiger partial charge in [0.15, 0.2) is 0 Å². The molecule has 18 heavy (non-hydrogen) atoms. The molecule has 1 heterocycles. The predicted octanol–water partition coefficient (Wildman–Crippen LogP) is -0.0688. The highest BCUT2D eigenvalue weighted by Crippen LogP contribution is 2.19. The van der Waals surface area contributed by atoms with E-state index >= 15 is 0 Å². The summed E-state index contributed by atoms with van der Waals surface area (Å²) in [6, 6.07) is 0. The molecule has 1 atom stereocenters. The molecule has 0 aromatic heterocycles. The third kappa shape index (κ3) is 3.89. The molecule has 0 radical (unpaired) electrons. The fourth-order valence-corrected chi connectivity index (χ4v) is 3.68. The van der Waals surface area contributed by atoms with Gasteiger partial charge in [0, 0.05) is 26.7 Å². The molecule has 0 saturated carbocycles. The maximum Gasteiger partial charge on any atom is 0.279 e. The molecule has 1 unspecified atom stereocenters. The third-order valence-corrected chi connectivity index (χ3v) is 5.10. The van der Waals surface area contributed by atoms with E-state index in [1.165, 1.54) is 4.31 Å². The van der Waals surface area contributed by atoms with Crippen LogP contribution in [0.1, 0.15) is 26.7 Å². The zero-order valence-electron chi connectivity index (χ0n) is 11.5. The average Bonchev–Trinajstić information content (AvgIpc) is 2.78. The minimum Gasteiger partial charge on any atom is -0.383 e. The molecule has 1 fully saturated rings. The molecule has 7 heteroatoms. The van der Waals surface area contributed by atoms with Crippen molar-refractivity contribution >= 4 is 10.2 Å². The van der Waals surface area contributed by atoms with E-state index in [-0.39, 0.29) is 5.54 Å². The molecule has 6 nitrogen and oxygen atoms in total. The van der Waals surface area contributed by atoms with Crippen LogP contribution >= 0.6 is 0 Å². The molecule has 1 aliphatic rings. The first-order valence-corrected chi connectivity index (χ1v) is 7.92. The molecule has 0 amide bonds. The molecular weight excluding hydrogens is 254 g/mol. The van der Waals surface area contributed by atoms with Crippen LogP contribution in [0.2, 0.25) is 0 Å². The molecular formula is C11H25N3O3S. The number of nitrogens with one attached hydrogen (secondary N) is 2. The van der Waals surface area contributed by atoms with Gasteiger partial charge in [0.1, 0.15) is 0 Å². The Morgan fingerprint density at radius 1 is 1.39 bits per heavy atom. The summed E-state index contributed by atoms with van der Waals surface area (Å²) in [4.78, 5) is 0. The third-order valence-electron chi connectivity index (χ3n) is 3.39. The van der Waals surface area contributed by atoms with Crippen LogP contribution in [0.5, 0.6) is 0 Å². The SMILES string of the molecule is CCN(CC)S(=O)(=O)NCC1(COC)CCCN1. The maximum absolute atomic E-state index is 12.0. The first-order chi connectivity index (χ1) is 8.49. The zero-order valence-corrected chi connectivity index (χ0v) is 12.3. The van der Waals surface area contributed by atoms with Gasteiger partial charge in [-0.15, -0.1) is 0 Å². The number of methoxy groups -OCH3 is 1. The van der Waals surface area contributed by atoms with Gasteiger partial charge < -0.3 is 10.1 Å². The van der Waals surface area contributed by atoms with Crippen LogP contribution in [0.3, 0.4) is 0 Å². The Kier molecular flexibility index (Phi) is 6.00. The van der Waals surface area contributed by atoms with E-state index in [1.54, 1.807) is 7.11 Å². The van der Waals surface area contributed by atoms with Crippen molar-refractivity contribution in [2.75, 3.05) is 39.9 Å². The molecule has 0 aliphatic carbocycles. The Labute approximate surface area is 110 Å². The summed E-state index contributed by atoms with van der Waals surface area (Å²) in [5, 5.41) is 3.35. The highest BCUT2D eigenvalue weighted by Gasteiger charge is 2.35. The van der Waals surface area contributed by atoms with Crippen LogP contribution in [0.4, 0.5) is 0 Å². The number of nitrogens with zero attached hydrogens (tertiary/aromatic N) is 1. The van der Waals surface area contributed by atoms with Gasteiger partial charge in [-0.3, -0.25) is 0 Å². The lowest BCUT2D eigenvalue weighted by molar-refractivity contribution is 0.122. The van der Waals surface area contributed by atoms with E-state index in [2.05, 4.69) is 10.0 Å². The average molecular weight is 279 g/mol. The highest BCUT2D eigenvalue weighted by atomic mass is 32.2. The lowest BCUT2D eigenvalue weighted by Gasteiger charge is -2.30. The lowest BCUT2D eigenvalue weighted by Crippen LogP contribution is -2.55. The van der Waals surface area contributed by atoms with E-state index in [9.17, 15) is 8.42 Å². The number of hydrogen-bond acceptors (Lipinski definition) is 4. The Balaban J connectivity index is 2.62. The van der Waals surface area contributed by atoms with Gasteiger partial charge in [0.2, 0.25) is 0 Å². The molecule has 0 spiro atoms. The van der Waals surface area contributed by atoms with E-state index in [0.29, 0.717) is 26.2 Å². The fraction of sp³-hybridized carbons (Fsp3) is 1.00. The van der Waals surface area contributed by atoms with Crippen molar-refractivity contribution in [3.05, 3.63) is 0 Å². The smallest absolute Gasteiger partial charge is 0.279 e. The van der Waals surface area contributed by atoms with Gasteiger partial charge in [-0.05, 0) is 19.4 Å². The van der Waals surface area contributed by atoms with Crippen LogP contribution in [-0.4, -0.2) is 58.2 Å². The van der Waals surface area contributed by atoms with Gasteiger partial charge in [-0.1, -0.05) is 13.8 Å². The predicted molar refractivity (Wildman–Crippen MR) is 71.7 cm³/mol. The first kappa shape index (κ1) is 15.8. The van der Waals surface area contributed by atoms with Crippen LogP contribution in [0.15, 0.2) is 0 Å². The highest BCUT2D eigenvalue weighted by molar-refractivity contribution is 7.87. The topological polar surface area (TPSA) is 70.7 Å². The summed E-state index contributed by atoms with van der Waals surface area (Å²) >= 11 is 0. The second kappa shape index (κ2) is 6.81.